The van der Waals surface area contributed by atoms with Crippen LogP contribution in [0.2, 0.25) is 0 Å². The number of fused-ring (bicyclic) bond motifs is 4. The molecule has 0 unspecified atom stereocenters. The van der Waals surface area contributed by atoms with Crippen molar-refractivity contribution in [1.82, 2.24) is 20.2 Å². The molecule has 2 aliphatic rings. The van der Waals surface area contributed by atoms with Crippen LogP contribution in [0.15, 0.2) is 103 Å². The van der Waals surface area contributed by atoms with E-state index in [1.54, 1.807) is 12.1 Å². The van der Waals surface area contributed by atoms with Crippen LogP contribution >= 0.6 is 0 Å². The van der Waals surface area contributed by atoms with Crippen molar-refractivity contribution in [3.8, 4) is 11.1 Å². The Morgan fingerprint density at radius 2 is 1.41 bits per heavy atom. The highest BCUT2D eigenvalue weighted by Crippen LogP contribution is 2.51. The average Bonchev–Trinajstić information content (AvgIpc) is 3.37. The van der Waals surface area contributed by atoms with E-state index in [2.05, 4.69) is 44.4 Å². The number of anilines is 1. The van der Waals surface area contributed by atoms with Crippen LogP contribution in [0, 0.1) is 5.82 Å². The third kappa shape index (κ3) is 5.33. The molecule has 0 saturated carbocycles. The summed E-state index contributed by atoms with van der Waals surface area (Å²) in [5, 5.41) is 3.22. The molecule has 2 heterocycles. The Morgan fingerprint density at radius 3 is 2.11 bits per heavy atom. The van der Waals surface area contributed by atoms with Gasteiger partial charge < -0.3 is 10.2 Å². The zero-order valence-corrected chi connectivity index (χ0v) is 24.8. The quantitative estimate of drug-likeness (QED) is 0.205. The number of carbonyl (C=O) groups excluding carboxylic acids is 1. The minimum Gasteiger partial charge on any atom is -0.353 e. The first-order valence-corrected chi connectivity index (χ1v) is 15.5. The van der Waals surface area contributed by atoms with E-state index in [4.69, 9.17) is 4.98 Å². The molecule has 7 rings (SSSR count). The summed E-state index contributed by atoms with van der Waals surface area (Å²) in [6.07, 6.45) is 4.54. The summed E-state index contributed by atoms with van der Waals surface area (Å²) in [5.41, 5.74) is 6.37. The minimum atomic E-state index is -0.763. The van der Waals surface area contributed by atoms with Gasteiger partial charge in [0.05, 0.1) is 17.2 Å². The van der Waals surface area contributed by atoms with Crippen molar-refractivity contribution in [1.29, 1.82) is 0 Å². The number of nitrogens with one attached hydrogen (secondary N) is 1. The predicted molar refractivity (Wildman–Crippen MR) is 173 cm³/mol. The highest BCUT2D eigenvalue weighted by Gasteiger charge is 2.48. The molecular formula is C37H36FN5O. The fraction of sp³-hybridized carbons (Fsp3) is 0.270. The summed E-state index contributed by atoms with van der Waals surface area (Å²) < 4.78 is 13.5. The number of piperazine rings is 1. The SMILES string of the molecule is O=C(NCc1ccc(F)cc1)C1(CCCCN2CCN(c3cnc4ccccc4n3)CC2)c2ccccc2-c2ccccc21. The number of amides is 1. The van der Waals surface area contributed by atoms with Gasteiger partial charge in [0.15, 0.2) is 0 Å². The zero-order valence-electron chi connectivity index (χ0n) is 24.8. The molecule has 0 spiro atoms. The molecule has 0 atom stereocenters. The van der Waals surface area contributed by atoms with Crippen molar-refractivity contribution in [2.24, 2.45) is 0 Å². The highest BCUT2D eigenvalue weighted by atomic mass is 19.1. The number of para-hydroxylation sites is 2. The molecular weight excluding hydrogens is 549 g/mol. The van der Waals surface area contributed by atoms with Gasteiger partial charge in [0, 0.05) is 32.7 Å². The monoisotopic (exact) mass is 585 g/mol. The molecule has 1 aliphatic carbocycles. The van der Waals surface area contributed by atoms with Crippen LogP contribution < -0.4 is 10.2 Å². The van der Waals surface area contributed by atoms with Crippen LogP contribution in [0.4, 0.5) is 10.2 Å². The van der Waals surface area contributed by atoms with Gasteiger partial charge in [-0.1, -0.05) is 79.2 Å². The van der Waals surface area contributed by atoms with E-state index < -0.39 is 5.41 Å². The molecule has 44 heavy (non-hydrogen) atoms. The maximum absolute atomic E-state index is 14.3. The first kappa shape index (κ1) is 28.2. The molecule has 1 fully saturated rings. The second-order valence-electron chi connectivity index (χ2n) is 11.8. The Bertz CT molecular complexity index is 1740. The van der Waals surface area contributed by atoms with Crippen molar-refractivity contribution in [3.05, 3.63) is 126 Å². The summed E-state index contributed by atoms with van der Waals surface area (Å²) in [5.74, 6) is 0.666. The van der Waals surface area contributed by atoms with Crippen molar-refractivity contribution in [2.45, 2.75) is 31.2 Å². The van der Waals surface area contributed by atoms with E-state index >= 15 is 0 Å². The topological polar surface area (TPSA) is 61.4 Å². The maximum Gasteiger partial charge on any atom is 0.235 e. The van der Waals surface area contributed by atoms with E-state index in [0.717, 1.165) is 96.7 Å². The van der Waals surface area contributed by atoms with Gasteiger partial charge >= 0.3 is 0 Å². The Labute approximate surface area is 257 Å². The summed E-state index contributed by atoms with van der Waals surface area (Å²) in [4.78, 5) is 28.5. The van der Waals surface area contributed by atoms with Gasteiger partial charge in [0.1, 0.15) is 17.1 Å². The lowest BCUT2D eigenvalue weighted by Crippen LogP contribution is -2.47. The molecule has 6 nitrogen and oxygen atoms in total. The summed E-state index contributed by atoms with van der Waals surface area (Å²) >= 11 is 0. The third-order valence-electron chi connectivity index (χ3n) is 9.23. The number of benzene rings is 4. The lowest BCUT2D eigenvalue weighted by Gasteiger charge is -2.35. The van der Waals surface area contributed by atoms with E-state index in [1.165, 1.54) is 12.1 Å². The normalized spacial score (nSPS) is 15.6. The smallest absolute Gasteiger partial charge is 0.235 e. The van der Waals surface area contributed by atoms with Gasteiger partial charge in [0.2, 0.25) is 5.91 Å². The lowest BCUT2D eigenvalue weighted by atomic mass is 9.73. The van der Waals surface area contributed by atoms with Gasteiger partial charge in [-0.05, 0) is 71.5 Å². The zero-order chi connectivity index (χ0) is 29.9. The van der Waals surface area contributed by atoms with Crippen LogP contribution in [-0.2, 0) is 16.8 Å². The Kier molecular flexibility index (Phi) is 7.79. The number of hydrogen-bond donors (Lipinski definition) is 1. The Morgan fingerprint density at radius 1 is 0.773 bits per heavy atom. The average molecular weight is 586 g/mol. The van der Waals surface area contributed by atoms with E-state index in [0.29, 0.717) is 6.54 Å². The van der Waals surface area contributed by atoms with Gasteiger partial charge in [-0.15, -0.1) is 0 Å². The highest BCUT2D eigenvalue weighted by molar-refractivity contribution is 6.00. The maximum atomic E-state index is 14.3. The van der Waals surface area contributed by atoms with Crippen molar-refractivity contribution < 1.29 is 9.18 Å². The number of rotatable bonds is 9. The molecule has 1 aromatic heterocycles. The first-order chi connectivity index (χ1) is 21.6. The lowest BCUT2D eigenvalue weighted by molar-refractivity contribution is -0.125. The van der Waals surface area contributed by atoms with Gasteiger partial charge in [-0.25, -0.2) is 9.37 Å². The fourth-order valence-electron chi connectivity index (χ4n) is 6.91. The largest absolute Gasteiger partial charge is 0.353 e. The number of nitrogens with zero attached hydrogens (tertiary/aromatic N) is 4. The number of unbranched alkanes of at least 4 members (excludes halogenated alkanes) is 1. The van der Waals surface area contributed by atoms with E-state index in [1.807, 2.05) is 54.7 Å². The van der Waals surface area contributed by atoms with Crippen molar-refractivity contribution in [2.75, 3.05) is 37.6 Å². The number of carbonyl (C=O) groups is 1. The van der Waals surface area contributed by atoms with Crippen LogP contribution in [0.3, 0.4) is 0 Å². The van der Waals surface area contributed by atoms with Crippen LogP contribution in [0.5, 0.6) is 0 Å². The van der Waals surface area contributed by atoms with Gasteiger partial charge in [-0.2, -0.15) is 0 Å². The molecule has 1 aliphatic heterocycles. The van der Waals surface area contributed by atoms with Crippen molar-refractivity contribution in [3.63, 3.8) is 0 Å². The van der Waals surface area contributed by atoms with Crippen LogP contribution in [0.1, 0.15) is 36.0 Å². The second-order valence-corrected chi connectivity index (χ2v) is 11.8. The fourth-order valence-corrected chi connectivity index (χ4v) is 6.91. The summed E-state index contributed by atoms with van der Waals surface area (Å²) in [6, 6.07) is 31.0. The van der Waals surface area contributed by atoms with Crippen molar-refractivity contribution >= 4 is 22.8 Å². The van der Waals surface area contributed by atoms with Crippen LogP contribution in [-0.4, -0.2) is 53.5 Å². The number of halogens is 1. The standard InChI is InChI=1S/C37H36FN5O/c38-28-17-15-27(16-18-28)25-40-36(44)37(31-11-3-1-9-29(31)30-10-2-4-12-32(30)37)19-7-8-20-42-21-23-43(24-22-42)35-26-39-33-13-5-6-14-34(33)41-35/h1-6,9-18,26H,7-8,19-25H2,(H,40,44). The van der Waals surface area contributed by atoms with Crippen LogP contribution in [0.25, 0.3) is 22.2 Å². The molecule has 7 heteroatoms. The van der Waals surface area contributed by atoms with E-state index in [-0.39, 0.29) is 11.7 Å². The van der Waals surface area contributed by atoms with Gasteiger partial charge in [0.25, 0.3) is 0 Å². The summed E-state index contributed by atoms with van der Waals surface area (Å²) in [7, 11) is 0. The molecule has 0 bridgehead atoms. The molecule has 1 saturated heterocycles. The van der Waals surface area contributed by atoms with Gasteiger partial charge in [-0.3, -0.25) is 14.7 Å². The van der Waals surface area contributed by atoms with E-state index in [9.17, 15) is 9.18 Å². The Hall–Kier alpha value is -4.62. The third-order valence-corrected chi connectivity index (χ3v) is 9.23. The summed E-state index contributed by atoms with van der Waals surface area (Å²) in [6.45, 7) is 5.14. The first-order valence-electron chi connectivity index (χ1n) is 15.5. The molecule has 1 N–H and O–H groups in total. The Balaban J connectivity index is 1.03. The number of aromatic nitrogens is 2. The molecule has 222 valence electrons. The molecule has 1 amide bonds. The number of hydrogen-bond acceptors (Lipinski definition) is 5. The molecule has 0 radical (unpaired) electrons. The molecule has 5 aromatic rings. The molecule has 4 aromatic carbocycles. The minimum absolute atomic E-state index is 0.00401. The second kappa shape index (κ2) is 12.2. The predicted octanol–water partition coefficient (Wildman–Crippen LogP) is 6.34.